The van der Waals surface area contributed by atoms with Crippen LogP contribution in [0, 0.1) is 11.8 Å². The second kappa shape index (κ2) is 5.64. The minimum absolute atomic E-state index is 0. The number of piperidine rings is 1. The fourth-order valence-corrected chi connectivity index (χ4v) is 2.05. The van der Waals surface area contributed by atoms with Crippen molar-refractivity contribution in [2.75, 3.05) is 13.1 Å². The van der Waals surface area contributed by atoms with Gasteiger partial charge >= 0.3 is 0 Å². The lowest BCUT2D eigenvalue weighted by atomic mass is 9.87. The highest BCUT2D eigenvalue weighted by Crippen LogP contribution is 2.24. The zero-order valence-corrected chi connectivity index (χ0v) is 9.01. The van der Waals surface area contributed by atoms with E-state index in [1.165, 1.54) is 25.9 Å². The molecule has 1 aliphatic rings. The van der Waals surface area contributed by atoms with Gasteiger partial charge < -0.3 is 4.90 Å². The van der Waals surface area contributed by atoms with Crippen LogP contribution in [0.4, 0.5) is 0 Å². The molecule has 0 aromatic heterocycles. The number of hydrogen-bond donors (Lipinski definition) is 0. The van der Waals surface area contributed by atoms with Gasteiger partial charge in [0.15, 0.2) is 0 Å². The van der Waals surface area contributed by atoms with Crippen molar-refractivity contribution >= 4 is 0 Å². The largest absolute Gasteiger partial charge is 0.301 e. The summed E-state index contributed by atoms with van der Waals surface area (Å²) >= 11 is 0. The van der Waals surface area contributed by atoms with Gasteiger partial charge in [0.2, 0.25) is 0 Å². The maximum absolute atomic E-state index is 2.62. The second-order valence-corrected chi connectivity index (χ2v) is 4.74. The molecule has 0 bridgehead atoms. The molecule has 0 radical (unpaired) electrons. The molecule has 0 amide bonds. The highest BCUT2D eigenvalue weighted by Gasteiger charge is 2.23. The van der Waals surface area contributed by atoms with E-state index in [0.29, 0.717) is 0 Å². The van der Waals surface area contributed by atoms with E-state index < -0.39 is 0 Å². The molecule has 0 aromatic carbocycles. The lowest BCUT2D eigenvalue weighted by molar-refractivity contribution is 0.117. The van der Waals surface area contributed by atoms with Gasteiger partial charge in [-0.1, -0.05) is 21.3 Å². The molecule has 1 unspecified atom stereocenters. The minimum atomic E-state index is 0. The third-order valence-electron chi connectivity index (χ3n) is 3.16. The molecule has 0 aliphatic carbocycles. The van der Waals surface area contributed by atoms with E-state index in [1.54, 1.807) is 0 Å². The normalized spacial score (nSPS) is 24.9. The molecule has 1 saturated heterocycles. The van der Waals surface area contributed by atoms with Crippen molar-refractivity contribution in [1.82, 2.24) is 4.90 Å². The molecule has 0 aromatic rings. The molecule has 0 spiro atoms. The van der Waals surface area contributed by atoms with Gasteiger partial charge in [0.25, 0.3) is 0 Å². The predicted octanol–water partition coefficient (Wildman–Crippen LogP) is 3.40. The van der Waals surface area contributed by atoms with Crippen LogP contribution < -0.4 is 0 Å². The van der Waals surface area contributed by atoms with Crippen molar-refractivity contribution in [3.05, 3.63) is 0 Å². The van der Waals surface area contributed by atoms with Gasteiger partial charge in [-0.05, 0) is 45.1 Å². The topological polar surface area (TPSA) is 3.24 Å². The smallest absolute Gasteiger partial charge is 0.00387 e. The molecular weight excluding hydrogens is 158 g/mol. The molecule has 1 heteroatoms. The molecule has 80 valence electrons. The van der Waals surface area contributed by atoms with Crippen molar-refractivity contribution < 1.29 is 0 Å². The van der Waals surface area contributed by atoms with Gasteiger partial charge in [-0.2, -0.15) is 0 Å². The maximum Gasteiger partial charge on any atom is 0.00387 e. The lowest BCUT2D eigenvalue weighted by Crippen LogP contribution is -2.41. The third-order valence-corrected chi connectivity index (χ3v) is 3.16. The summed E-state index contributed by atoms with van der Waals surface area (Å²) in [4.78, 5) is 2.62. The lowest BCUT2D eigenvalue weighted by Gasteiger charge is -2.37. The molecule has 0 saturated carbocycles. The average molecular weight is 185 g/mol. The predicted molar refractivity (Wildman–Crippen MR) is 61.0 cm³/mol. The van der Waals surface area contributed by atoms with Gasteiger partial charge in [0, 0.05) is 12.6 Å². The molecule has 1 nitrogen and oxygen atoms in total. The van der Waals surface area contributed by atoms with Gasteiger partial charge in [-0.3, -0.25) is 0 Å². The number of likely N-dealkylation sites (tertiary alicyclic amines) is 1. The number of rotatable bonds is 2. The number of hydrogen-bond acceptors (Lipinski definition) is 1. The Hall–Kier alpha value is -0.0400. The van der Waals surface area contributed by atoms with Crippen molar-refractivity contribution in [1.29, 1.82) is 0 Å². The van der Waals surface area contributed by atoms with E-state index in [-0.39, 0.29) is 7.43 Å². The van der Waals surface area contributed by atoms with E-state index in [2.05, 4.69) is 32.6 Å². The Morgan fingerprint density at radius 3 is 2.23 bits per heavy atom. The average Bonchev–Trinajstić information content (AvgIpc) is 2.04. The highest BCUT2D eigenvalue weighted by atomic mass is 15.2. The fraction of sp³-hybridized carbons (Fsp3) is 1.00. The van der Waals surface area contributed by atoms with Crippen LogP contribution in [-0.4, -0.2) is 24.0 Å². The zero-order valence-electron chi connectivity index (χ0n) is 9.01. The summed E-state index contributed by atoms with van der Waals surface area (Å²) < 4.78 is 0. The Bertz CT molecular complexity index is 115. The third kappa shape index (κ3) is 3.68. The summed E-state index contributed by atoms with van der Waals surface area (Å²) in [6, 6.07) is 0.742. The summed E-state index contributed by atoms with van der Waals surface area (Å²) in [7, 11) is 0. The van der Waals surface area contributed by atoms with Crippen LogP contribution in [-0.2, 0) is 0 Å². The zero-order chi connectivity index (χ0) is 9.14. The van der Waals surface area contributed by atoms with E-state index in [1.807, 2.05) is 0 Å². The highest BCUT2D eigenvalue weighted by molar-refractivity contribution is 4.76. The first-order valence-electron chi connectivity index (χ1n) is 5.35. The molecule has 1 fully saturated rings. The molecule has 1 rings (SSSR count). The summed E-state index contributed by atoms with van der Waals surface area (Å²) in [6.07, 6.45) is 2.85. The molecule has 1 heterocycles. The SMILES string of the molecule is C.CC(C)C1CCCN(C(C)C)C1. The van der Waals surface area contributed by atoms with E-state index in [4.69, 9.17) is 0 Å². The Kier molecular flexibility index (Phi) is 5.62. The van der Waals surface area contributed by atoms with Crippen LogP contribution in [0.15, 0.2) is 0 Å². The Balaban J connectivity index is 0.00000144. The van der Waals surface area contributed by atoms with E-state index in [9.17, 15) is 0 Å². The minimum Gasteiger partial charge on any atom is -0.301 e. The fourth-order valence-electron chi connectivity index (χ4n) is 2.05. The van der Waals surface area contributed by atoms with Crippen molar-refractivity contribution in [2.45, 2.75) is 54.0 Å². The van der Waals surface area contributed by atoms with Gasteiger partial charge in [0.05, 0.1) is 0 Å². The molecule has 0 N–H and O–H groups in total. The van der Waals surface area contributed by atoms with E-state index >= 15 is 0 Å². The van der Waals surface area contributed by atoms with Gasteiger partial charge in [-0.25, -0.2) is 0 Å². The summed E-state index contributed by atoms with van der Waals surface area (Å²) in [5.74, 6) is 1.81. The monoisotopic (exact) mass is 185 g/mol. The first kappa shape index (κ1) is 13.0. The van der Waals surface area contributed by atoms with Crippen molar-refractivity contribution in [2.24, 2.45) is 11.8 Å². The first-order chi connectivity index (χ1) is 5.61. The van der Waals surface area contributed by atoms with Crippen LogP contribution in [0.3, 0.4) is 0 Å². The van der Waals surface area contributed by atoms with Crippen LogP contribution in [0.2, 0.25) is 0 Å². The Morgan fingerprint density at radius 2 is 1.77 bits per heavy atom. The van der Waals surface area contributed by atoms with Crippen molar-refractivity contribution in [3.63, 3.8) is 0 Å². The van der Waals surface area contributed by atoms with Crippen LogP contribution in [0.5, 0.6) is 0 Å². The number of nitrogens with zero attached hydrogens (tertiary/aromatic N) is 1. The molecule has 1 aliphatic heterocycles. The summed E-state index contributed by atoms with van der Waals surface area (Å²) in [6.45, 7) is 12.0. The van der Waals surface area contributed by atoms with Crippen LogP contribution in [0.25, 0.3) is 0 Å². The molecular formula is C12H27N. The van der Waals surface area contributed by atoms with Crippen LogP contribution >= 0.6 is 0 Å². The van der Waals surface area contributed by atoms with Crippen LogP contribution in [0.1, 0.15) is 48.0 Å². The van der Waals surface area contributed by atoms with Gasteiger partial charge in [0.1, 0.15) is 0 Å². The summed E-state index contributed by atoms with van der Waals surface area (Å²) in [5, 5.41) is 0. The van der Waals surface area contributed by atoms with Crippen molar-refractivity contribution in [3.8, 4) is 0 Å². The second-order valence-electron chi connectivity index (χ2n) is 4.74. The maximum atomic E-state index is 2.62. The molecule has 13 heavy (non-hydrogen) atoms. The Morgan fingerprint density at radius 1 is 1.15 bits per heavy atom. The molecule has 1 atom stereocenters. The standard InChI is InChI=1S/C11H23N.CH4/c1-9(2)11-6-5-7-12(8-11)10(3)4;/h9-11H,5-8H2,1-4H3;1H4. The first-order valence-corrected chi connectivity index (χ1v) is 5.35. The Labute approximate surface area is 84.5 Å². The van der Waals surface area contributed by atoms with E-state index in [0.717, 1.165) is 17.9 Å². The van der Waals surface area contributed by atoms with Gasteiger partial charge in [-0.15, -0.1) is 0 Å². The quantitative estimate of drug-likeness (QED) is 0.637. The summed E-state index contributed by atoms with van der Waals surface area (Å²) in [5.41, 5.74) is 0.